The maximum atomic E-state index is 10.6. The molecule has 0 saturated heterocycles. The highest BCUT2D eigenvalue weighted by atomic mass is 16.6. The normalized spacial score (nSPS) is 13.2. The number of aryl methyl sites for hydroxylation is 1. The summed E-state index contributed by atoms with van der Waals surface area (Å²) in [4.78, 5) is 14.3. The van der Waals surface area contributed by atoms with Crippen LogP contribution in [0.1, 0.15) is 26.5 Å². The number of pyridine rings is 1. The first-order chi connectivity index (χ1) is 7.74. The molecule has 0 aliphatic carbocycles. The van der Waals surface area contributed by atoms with E-state index in [9.17, 15) is 15.2 Å². The fraction of sp³-hybridized carbons (Fsp3) is 0.545. The third-order valence-electron chi connectivity index (χ3n) is 2.75. The molecule has 0 aliphatic heterocycles. The largest absolute Gasteiger partial charge is 0.391 e. The summed E-state index contributed by atoms with van der Waals surface area (Å²) in [5.74, 6) is 0.513. The van der Waals surface area contributed by atoms with Gasteiger partial charge in [-0.1, -0.05) is 0 Å². The number of hydrogen-bond donors (Lipinski definition) is 2. The van der Waals surface area contributed by atoms with Crippen LogP contribution in [-0.2, 0) is 0 Å². The molecule has 17 heavy (non-hydrogen) atoms. The smallest absolute Gasteiger partial charge is 0.290 e. The van der Waals surface area contributed by atoms with Crippen LogP contribution in [0.15, 0.2) is 12.1 Å². The van der Waals surface area contributed by atoms with Gasteiger partial charge in [0, 0.05) is 6.07 Å². The zero-order valence-corrected chi connectivity index (χ0v) is 10.4. The molecule has 1 atom stereocenters. The van der Waals surface area contributed by atoms with Gasteiger partial charge in [-0.25, -0.2) is 4.98 Å². The highest BCUT2D eigenvalue weighted by molar-refractivity contribution is 5.46. The molecule has 0 spiro atoms. The molecule has 0 fully saturated rings. The summed E-state index contributed by atoms with van der Waals surface area (Å²) in [6, 6.07) is 2.94. The van der Waals surface area contributed by atoms with Crippen molar-refractivity contribution >= 4 is 11.5 Å². The maximum Gasteiger partial charge on any atom is 0.290 e. The van der Waals surface area contributed by atoms with E-state index >= 15 is 0 Å². The van der Waals surface area contributed by atoms with Gasteiger partial charge in [0.05, 0.1) is 16.6 Å². The van der Waals surface area contributed by atoms with E-state index in [-0.39, 0.29) is 5.69 Å². The summed E-state index contributed by atoms with van der Waals surface area (Å²) in [5.41, 5.74) is -0.206. The molecule has 0 aliphatic rings. The minimum atomic E-state index is -0.570. The second-order valence-corrected chi connectivity index (χ2v) is 4.58. The first kappa shape index (κ1) is 13.4. The van der Waals surface area contributed by atoms with Crippen LogP contribution in [0.2, 0.25) is 0 Å². The quantitative estimate of drug-likeness (QED) is 0.618. The average Bonchev–Trinajstić information content (AvgIpc) is 2.15. The summed E-state index contributed by atoms with van der Waals surface area (Å²) in [7, 11) is 0. The first-order valence-corrected chi connectivity index (χ1v) is 5.32. The van der Waals surface area contributed by atoms with Crippen LogP contribution < -0.4 is 5.32 Å². The van der Waals surface area contributed by atoms with E-state index in [0.29, 0.717) is 11.5 Å². The highest BCUT2D eigenvalue weighted by Gasteiger charge is 2.24. The fourth-order valence-electron chi connectivity index (χ4n) is 1.25. The summed E-state index contributed by atoms with van der Waals surface area (Å²) >= 11 is 0. The molecule has 6 nitrogen and oxygen atoms in total. The van der Waals surface area contributed by atoms with Gasteiger partial charge >= 0.3 is 0 Å². The van der Waals surface area contributed by atoms with Crippen molar-refractivity contribution in [1.29, 1.82) is 0 Å². The van der Waals surface area contributed by atoms with Gasteiger partial charge in [0.25, 0.3) is 5.69 Å². The van der Waals surface area contributed by atoms with Crippen molar-refractivity contribution in [3.63, 3.8) is 0 Å². The number of anilines is 1. The van der Waals surface area contributed by atoms with E-state index < -0.39 is 16.6 Å². The second kappa shape index (κ2) is 4.67. The molecule has 0 aromatic carbocycles. The van der Waals surface area contributed by atoms with Crippen LogP contribution in [0, 0.1) is 17.0 Å². The van der Waals surface area contributed by atoms with E-state index in [1.54, 1.807) is 13.8 Å². The molecule has 6 heteroatoms. The van der Waals surface area contributed by atoms with Gasteiger partial charge in [0.1, 0.15) is 11.5 Å². The third kappa shape index (κ3) is 3.13. The van der Waals surface area contributed by atoms with Gasteiger partial charge in [0.2, 0.25) is 0 Å². The molecule has 1 rings (SSSR count). The summed E-state index contributed by atoms with van der Waals surface area (Å²) in [6.45, 7) is 6.91. The SMILES string of the molecule is Cc1nc(NC(C)(C)C(C)O)ccc1[N+](=O)[O-]. The lowest BCUT2D eigenvalue weighted by molar-refractivity contribution is -0.385. The monoisotopic (exact) mass is 239 g/mol. The van der Waals surface area contributed by atoms with E-state index in [4.69, 9.17) is 0 Å². The third-order valence-corrected chi connectivity index (χ3v) is 2.75. The van der Waals surface area contributed by atoms with Crippen molar-refractivity contribution in [1.82, 2.24) is 4.98 Å². The zero-order chi connectivity index (χ0) is 13.2. The highest BCUT2D eigenvalue weighted by Crippen LogP contribution is 2.21. The molecule has 94 valence electrons. The molecule has 1 heterocycles. The number of rotatable bonds is 4. The van der Waals surface area contributed by atoms with Gasteiger partial charge < -0.3 is 10.4 Å². The van der Waals surface area contributed by atoms with Crippen LogP contribution >= 0.6 is 0 Å². The molecule has 0 saturated carbocycles. The van der Waals surface area contributed by atoms with E-state index in [2.05, 4.69) is 10.3 Å². The molecule has 1 aromatic rings. The zero-order valence-electron chi connectivity index (χ0n) is 10.4. The predicted molar refractivity (Wildman–Crippen MR) is 65.0 cm³/mol. The minimum absolute atomic E-state index is 0.00889. The Bertz CT molecular complexity index is 430. The Morgan fingerprint density at radius 3 is 2.53 bits per heavy atom. The molecule has 2 N–H and O–H groups in total. The molecule has 1 unspecified atom stereocenters. The van der Waals surface area contributed by atoms with Crippen molar-refractivity contribution < 1.29 is 10.0 Å². The Kier molecular flexibility index (Phi) is 3.67. The van der Waals surface area contributed by atoms with Crippen molar-refractivity contribution in [2.75, 3.05) is 5.32 Å². The summed E-state index contributed by atoms with van der Waals surface area (Å²) in [6.07, 6.45) is -0.570. The predicted octanol–water partition coefficient (Wildman–Crippen LogP) is 1.87. The van der Waals surface area contributed by atoms with Crippen molar-refractivity contribution in [3.05, 3.63) is 27.9 Å². The molecular weight excluding hydrogens is 222 g/mol. The number of nitrogens with one attached hydrogen (secondary N) is 1. The fourth-order valence-corrected chi connectivity index (χ4v) is 1.25. The lowest BCUT2D eigenvalue weighted by atomic mass is 9.99. The summed E-state index contributed by atoms with van der Waals surface area (Å²) in [5, 5.41) is 23.2. The number of aliphatic hydroxyl groups excluding tert-OH is 1. The van der Waals surface area contributed by atoms with Gasteiger partial charge in [-0.3, -0.25) is 10.1 Å². The van der Waals surface area contributed by atoms with Crippen molar-refractivity contribution in [2.24, 2.45) is 0 Å². The van der Waals surface area contributed by atoms with Gasteiger partial charge in [-0.15, -0.1) is 0 Å². The standard InChI is InChI=1S/C11H17N3O3/c1-7-9(14(16)17)5-6-10(12-7)13-11(3,4)8(2)15/h5-6,8,15H,1-4H3,(H,12,13). The van der Waals surface area contributed by atoms with E-state index in [1.807, 2.05) is 13.8 Å². The van der Waals surface area contributed by atoms with E-state index in [0.717, 1.165) is 0 Å². The van der Waals surface area contributed by atoms with Gasteiger partial charge in [0.15, 0.2) is 0 Å². The number of aromatic nitrogens is 1. The van der Waals surface area contributed by atoms with Crippen LogP contribution in [-0.4, -0.2) is 26.7 Å². The number of nitrogens with zero attached hydrogens (tertiary/aromatic N) is 2. The van der Waals surface area contributed by atoms with Crippen LogP contribution in [0.25, 0.3) is 0 Å². The lowest BCUT2D eigenvalue weighted by Crippen LogP contribution is -2.42. The van der Waals surface area contributed by atoms with Crippen LogP contribution in [0.4, 0.5) is 11.5 Å². The molecular formula is C11H17N3O3. The first-order valence-electron chi connectivity index (χ1n) is 5.32. The molecule has 0 amide bonds. The summed E-state index contributed by atoms with van der Waals surface area (Å²) < 4.78 is 0. The lowest BCUT2D eigenvalue weighted by Gasteiger charge is -2.29. The Morgan fingerprint density at radius 1 is 1.53 bits per heavy atom. The van der Waals surface area contributed by atoms with Crippen molar-refractivity contribution in [3.8, 4) is 0 Å². The number of aliphatic hydroxyl groups is 1. The van der Waals surface area contributed by atoms with Gasteiger partial charge in [-0.2, -0.15) is 0 Å². The Morgan fingerprint density at radius 2 is 2.12 bits per heavy atom. The molecule has 0 bridgehead atoms. The number of nitro groups is 1. The Hall–Kier alpha value is -1.69. The second-order valence-electron chi connectivity index (χ2n) is 4.58. The Balaban J connectivity index is 2.96. The van der Waals surface area contributed by atoms with Crippen molar-refractivity contribution in [2.45, 2.75) is 39.3 Å². The maximum absolute atomic E-state index is 10.6. The number of hydrogen-bond acceptors (Lipinski definition) is 5. The average molecular weight is 239 g/mol. The Labute approximate surface area is 99.8 Å². The van der Waals surface area contributed by atoms with Gasteiger partial charge in [-0.05, 0) is 33.8 Å². The van der Waals surface area contributed by atoms with Crippen LogP contribution in [0.3, 0.4) is 0 Å². The molecule has 1 aromatic heterocycles. The van der Waals surface area contributed by atoms with Crippen LogP contribution in [0.5, 0.6) is 0 Å². The molecule has 0 radical (unpaired) electrons. The topological polar surface area (TPSA) is 88.3 Å². The minimum Gasteiger partial charge on any atom is -0.391 e. The van der Waals surface area contributed by atoms with E-state index in [1.165, 1.54) is 12.1 Å².